The van der Waals surface area contributed by atoms with E-state index in [-0.39, 0.29) is 23.4 Å². The summed E-state index contributed by atoms with van der Waals surface area (Å²) in [7, 11) is 0. The van der Waals surface area contributed by atoms with Gasteiger partial charge in [-0.25, -0.2) is 0 Å². The highest BCUT2D eigenvalue weighted by atomic mass is 16.3. The predicted octanol–water partition coefficient (Wildman–Crippen LogP) is 3.64. The van der Waals surface area contributed by atoms with Crippen LogP contribution in [0, 0.1) is 6.92 Å². The van der Waals surface area contributed by atoms with Gasteiger partial charge >= 0.3 is 0 Å². The van der Waals surface area contributed by atoms with Crippen LogP contribution in [0.2, 0.25) is 0 Å². The number of para-hydroxylation sites is 1. The molecule has 144 valence electrons. The van der Waals surface area contributed by atoms with E-state index in [1.165, 1.54) is 0 Å². The first-order chi connectivity index (χ1) is 13.6. The molecule has 1 aromatic heterocycles. The zero-order valence-electron chi connectivity index (χ0n) is 16.1. The maximum Gasteiger partial charge on any atom is 0.255 e. The van der Waals surface area contributed by atoms with Crippen LogP contribution in [0.4, 0.5) is 0 Å². The number of hydrogen-bond acceptors (Lipinski definition) is 4. The minimum Gasteiger partial charge on any atom is -0.455 e. The van der Waals surface area contributed by atoms with Gasteiger partial charge < -0.3 is 15.1 Å². The first kappa shape index (κ1) is 18.4. The summed E-state index contributed by atoms with van der Waals surface area (Å²) in [6.07, 6.45) is 1.96. The molecular formula is C23H24N2O3. The first-order valence-electron chi connectivity index (χ1n) is 9.72. The molecule has 2 aromatic carbocycles. The van der Waals surface area contributed by atoms with Gasteiger partial charge in [0, 0.05) is 23.2 Å². The van der Waals surface area contributed by atoms with E-state index in [1.54, 1.807) is 25.1 Å². The molecule has 28 heavy (non-hydrogen) atoms. The molecule has 1 saturated heterocycles. The smallest absolute Gasteiger partial charge is 0.255 e. The van der Waals surface area contributed by atoms with E-state index in [9.17, 15) is 9.59 Å². The van der Waals surface area contributed by atoms with Crippen molar-refractivity contribution in [1.29, 1.82) is 0 Å². The molecule has 1 fully saturated rings. The lowest BCUT2D eigenvalue weighted by molar-refractivity contribution is 0.0920. The van der Waals surface area contributed by atoms with Crippen molar-refractivity contribution in [3.63, 3.8) is 0 Å². The third-order valence-electron chi connectivity index (χ3n) is 5.50. The van der Waals surface area contributed by atoms with Crippen molar-refractivity contribution in [1.82, 2.24) is 10.6 Å². The zero-order chi connectivity index (χ0) is 19.7. The van der Waals surface area contributed by atoms with E-state index < -0.39 is 0 Å². The molecule has 2 atom stereocenters. The molecule has 1 amide bonds. The Hall–Kier alpha value is -2.92. The van der Waals surface area contributed by atoms with E-state index in [1.807, 2.05) is 30.3 Å². The third kappa shape index (κ3) is 3.34. The Balaban J connectivity index is 1.80. The Kier molecular flexibility index (Phi) is 5.01. The zero-order valence-corrected chi connectivity index (χ0v) is 16.1. The van der Waals surface area contributed by atoms with E-state index in [2.05, 4.69) is 17.6 Å². The Morgan fingerprint density at radius 2 is 1.93 bits per heavy atom. The number of piperidine rings is 1. The number of carbonyl (C=O) groups excluding carboxylic acids is 1. The molecule has 3 aromatic rings. The van der Waals surface area contributed by atoms with E-state index in [0.717, 1.165) is 24.9 Å². The lowest BCUT2D eigenvalue weighted by Gasteiger charge is -2.30. The van der Waals surface area contributed by atoms with Crippen molar-refractivity contribution in [2.45, 2.75) is 38.8 Å². The minimum atomic E-state index is -0.211. The minimum absolute atomic E-state index is 0.0577. The summed E-state index contributed by atoms with van der Waals surface area (Å²) in [6.45, 7) is 4.80. The van der Waals surface area contributed by atoms with Crippen molar-refractivity contribution < 1.29 is 9.21 Å². The molecule has 0 aliphatic carbocycles. The van der Waals surface area contributed by atoms with Crippen LogP contribution >= 0.6 is 0 Å². The van der Waals surface area contributed by atoms with Crippen LogP contribution in [0.1, 0.15) is 35.7 Å². The van der Waals surface area contributed by atoms with Gasteiger partial charge in [0.2, 0.25) is 0 Å². The van der Waals surface area contributed by atoms with E-state index >= 15 is 0 Å². The normalized spacial score (nSPS) is 19.5. The van der Waals surface area contributed by atoms with E-state index in [0.29, 0.717) is 27.9 Å². The van der Waals surface area contributed by atoms with Gasteiger partial charge in [-0.3, -0.25) is 9.59 Å². The van der Waals surface area contributed by atoms with Crippen LogP contribution in [0.3, 0.4) is 0 Å². The van der Waals surface area contributed by atoms with Gasteiger partial charge in [0.15, 0.2) is 11.0 Å². The Labute approximate surface area is 163 Å². The van der Waals surface area contributed by atoms with Crippen LogP contribution in [0.25, 0.3) is 22.3 Å². The molecule has 2 heterocycles. The number of nitrogens with one attached hydrogen (secondary N) is 2. The second-order valence-corrected chi connectivity index (χ2v) is 7.40. The lowest BCUT2D eigenvalue weighted by atomic mass is 9.99. The van der Waals surface area contributed by atoms with Crippen LogP contribution in [0.5, 0.6) is 0 Å². The highest BCUT2D eigenvalue weighted by molar-refractivity contribution is 6.05. The van der Waals surface area contributed by atoms with Gasteiger partial charge in [0.1, 0.15) is 5.76 Å². The second kappa shape index (κ2) is 7.60. The fourth-order valence-corrected chi connectivity index (χ4v) is 3.84. The van der Waals surface area contributed by atoms with Gasteiger partial charge in [0.25, 0.3) is 5.91 Å². The average Bonchev–Trinajstić information content (AvgIpc) is 2.72. The third-order valence-corrected chi connectivity index (χ3v) is 5.50. The number of rotatable bonds is 3. The standard InChI is InChI=1S/C23H24N2O3/c1-14-20(26)17-10-6-11-18(23(27)25-19-12-7-13-24-15(19)2)22(17)28-21(14)16-8-4-3-5-9-16/h3-6,8-11,15,19,24H,7,12-13H2,1-2H3,(H,25,27). The SMILES string of the molecule is Cc1c(-c2ccccc2)oc2c(C(=O)NC3CCCNC3C)cccc2c1=O. The van der Waals surface area contributed by atoms with Crippen LogP contribution in [-0.4, -0.2) is 24.5 Å². The van der Waals surface area contributed by atoms with Crippen molar-refractivity contribution >= 4 is 16.9 Å². The molecule has 0 radical (unpaired) electrons. The van der Waals surface area contributed by atoms with E-state index in [4.69, 9.17) is 4.42 Å². The fourth-order valence-electron chi connectivity index (χ4n) is 3.84. The molecule has 0 bridgehead atoms. The summed E-state index contributed by atoms with van der Waals surface area (Å²) in [5, 5.41) is 6.92. The lowest BCUT2D eigenvalue weighted by Crippen LogP contribution is -2.51. The largest absolute Gasteiger partial charge is 0.455 e. The molecular weight excluding hydrogens is 352 g/mol. The second-order valence-electron chi connectivity index (χ2n) is 7.40. The molecule has 0 spiro atoms. The predicted molar refractivity (Wildman–Crippen MR) is 111 cm³/mol. The van der Waals surface area contributed by atoms with Crippen molar-refractivity contribution in [2.24, 2.45) is 0 Å². The van der Waals surface area contributed by atoms with Crippen LogP contribution < -0.4 is 16.1 Å². The Morgan fingerprint density at radius 1 is 1.14 bits per heavy atom. The van der Waals surface area contributed by atoms with Gasteiger partial charge in [-0.1, -0.05) is 36.4 Å². The topological polar surface area (TPSA) is 71.3 Å². The number of fused-ring (bicyclic) bond motifs is 1. The Bertz CT molecular complexity index is 1070. The molecule has 5 heteroatoms. The molecule has 5 nitrogen and oxygen atoms in total. The molecule has 2 unspecified atom stereocenters. The maximum atomic E-state index is 13.0. The number of carbonyl (C=O) groups is 1. The molecule has 4 rings (SSSR count). The monoisotopic (exact) mass is 376 g/mol. The summed E-state index contributed by atoms with van der Waals surface area (Å²) in [4.78, 5) is 26.0. The molecule has 1 aliphatic rings. The summed E-state index contributed by atoms with van der Waals surface area (Å²) in [6, 6.07) is 14.9. The van der Waals surface area contributed by atoms with Crippen molar-refractivity contribution in [3.8, 4) is 11.3 Å². The highest BCUT2D eigenvalue weighted by Crippen LogP contribution is 2.27. The number of benzene rings is 2. The number of amides is 1. The molecule has 2 N–H and O–H groups in total. The fraction of sp³-hybridized carbons (Fsp3) is 0.304. The van der Waals surface area contributed by atoms with Crippen LogP contribution in [-0.2, 0) is 0 Å². The van der Waals surface area contributed by atoms with Gasteiger partial charge in [-0.15, -0.1) is 0 Å². The summed E-state index contributed by atoms with van der Waals surface area (Å²) < 4.78 is 6.15. The van der Waals surface area contributed by atoms with Gasteiger partial charge in [-0.2, -0.15) is 0 Å². The quantitative estimate of drug-likeness (QED) is 0.732. The van der Waals surface area contributed by atoms with Crippen molar-refractivity contribution in [2.75, 3.05) is 6.54 Å². The van der Waals surface area contributed by atoms with Crippen molar-refractivity contribution in [3.05, 3.63) is 69.9 Å². The van der Waals surface area contributed by atoms with Gasteiger partial charge in [0.05, 0.1) is 10.9 Å². The number of hydrogen-bond donors (Lipinski definition) is 2. The molecule has 0 saturated carbocycles. The Morgan fingerprint density at radius 3 is 2.68 bits per heavy atom. The summed E-state index contributed by atoms with van der Waals surface area (Å²) >= 11 is 0. The highest BCUT2D eigenvalue weighted by Gasteiger charge is 2.25. The maximum absolute atomic E-state index is 13.0. The molecule has 1 aliphatic heterocycles. The average molecular weight is 376 g/mol. The van der Waals surface area contributed by atoms with Gasteiger partial charge in [-0.05, 0) is 45.4 Å². The first-order valence-corrected chi connectivity index (χ1v) is 9.72. The van der Waals surface area contributed by atoms with Crippen LogP contribution in [0.15, 0.2) is 57.7 Å². The summed E-state index contributed by atoms with van der Waals surface area (Å²) in [5.41, 5.74) is 1.98. The summed E-state index contributed by atoms with van der Waals surface area (Å²) in [5.74, 6) is 0.295.